The van der Waals surface area contributed by atoms with Crippen LogP contribution in [0.2, 0.25) is 0 Å². The van der Waals surface area contributed by atoms with Crippen LogP contribution in [0, 0.1) is 0 Å². The molecule has 1 aliphatic rings. The standard InChI is InChI=1S/C13H19N5O5/c1-6(20)2-14-11-8-12(16-4-15-11)18(5-17-8)13-10(22)9(21)7(3-19)23-13/h4-7,9-10,13,19-22H,2-3H2,1H3,(H,14,15,16)/t6-,7+,9+,10+,13+/m0/s1. The second-order valence-electron chi connectivity index (χ2n) is 5.51. The van der Waals surface area contributed by atoms with Crippen molar-refractivity contribution >= 4 is 17.0 Å². The third-order valence-electron chi connectivity index (χ3n) is 3.71. The Balaban J connectivity index is 1.93. The van der Waals surface area contributed by atoms with E-state index in [9.17, 15) is 15.3 Å². The van der Waals surface area contributed by atoms with E-state index in [1.165, 1.54) is 17.2 Å². The minimum atomic E-state index is -1.21. The molecule has 0 saturated carbocycles. The summed E-state index contributed by atoms with van der Waals surface area (Å²) in [4.78, 5) is 12.4. The van der Waals surface area contributed by atoms with Gasteiger partial charge < -0.3 is 30.5 Å². The molecule has 5 atom stereocenters. The Bertz CT molecular complexity index is 678. The van der Waals surface area contributed by atoms with Crippen LogP contribution in [0.4, 0.5) is 5.82 Å². The van der Waals surface area contributed by atoms with Gasteiger partial charge in [0.1, 0.15) is 24.6 Å². The number of rotatable bonds is 5. The molecule has 5 N–H and O–H groups in total. The van der Waals surface area contributed by atoms with E-state index in [0.29, 0.717) is 23.5 Å². The third-order valence-corrected chi connectivity index (χ3v) is 3.71. The Morgan fingerprint density at radius 1 is 1.30 bits per heavy atom. The van der Waals surface area contributed by atoms with Gasteiger partial charge in [-0.1, -0.05) is 0 Å². The van der Waals surface area contributed by atoms with E-state index in [1.54, 1.807) is 6.92 Å². The molecule has 1 fully saturated rings. The van der Waals surface area contributed by atoms with Gasteiger partial charge in [-0.05, 0) is 6.92 Å². The van der Waals surface area contributed by atoms with E-state index >= 15 is 0 Å². The molecule has 0 bridgehead atoms. The van der Waals surface area contributed by atoms with Gasteiger partial charge in [0.15, 0.2) is 23.2 Å². The van der Waals surface area contributed by atoms with Crippen molar-refractivity contribution in [1.82, 2.24) is 19.5 Å². The highest BCUT2D eigenvalue weighted by Gasteiger charge is 2.44. The lowest BCUT2D eigenvalue weighted by Crippen LogP contribution is -2.33. The molecule has 3 rings (SSSR count). The summed E-state index contributed by atoms with van der Waals surface area (Å²) in [7, 11) is 0. The normalized spacial score (nSPS) is 29.1. The Hall–Kier alpha value is -1.85. The number of aromatic nitrogens is 4. The zero-order chi connectivity index (χ0) is 16.6. The summed E-state index contributed by atoms with van der Waals surface area (Å²) in [5.41, 5.74) is 0.855. The van der Waals surface area contributed by atoms with E-state index in [-0.39, 0.29) is 0 Å². The molecular formula is C13H19N5O5. The summed E-state index contributed by atoms with van der Waals surface area (Å²) in [6, 6.07) is 0. The molecule has 10 nitrogen and oxygen atoms in total. The lowest BCUT2D eigenvalue weighted by Gasteiger charge is -2.16. The zero-order valence-electron chi connectivity index (χ0n) is 12.4. The minimum absolute atomic E-state index is 0.298. The largest absolute Gasteiger partial charge is 0.394 e. The van der Waals surface area contributed by atoms with Crippen LogP contribution in [-0.4, -0.2) is 77.5 Å². The maximum absolute atomic E-state index is 10.1. The Labute approximate surface area is 131 Å². The summed E-state index contributed by atoms with van der Waals surface area (Å²) in [6.07, 6.45) is -2.00. The highest BCUT2D eigenvalue weighted by Crippen LogP contribution is 2.31. The number of ether oxygens (including phenoxy) is 1. The van der Waals surface area contributed by atoms with Crippen molar-refractivity contribution in [1.29, 1.82) is 0 Å². The SMILES string of the molecule is C[C@H](O)CNc1ncnc2c1ncn2[C@@H]1O[C@H](CO)[C@@H](O)[C@H]1O. The first-order valence-corrected chi connectivity index (χ1v) is 7.25. The Morgan fingerprint density at radius 2 is 2.09 bits per heavy atom. The van der Waals surface area contributed by atoms with Gasteiger partial charge in [0.25, 0.3) is 0 Å². The second-order valence-corrected chi connectivity index (χ2v) is 5.51. The fourth-order valence-corrected chi connectivity index (χ4v) is 2.52. The van der Waals surface area contributed by atoms with Crippen LogP contribution in [0.3, 0.4) is 0 Å². The molecule has 126 valence electrons. The van der Waals surface area contributed by atoms with Crippen LogP contribution in [0.25, 0.3) is 11.2 Å². The molecule has 0 amide bonds. The first kappa shape index (κ1) is 16.0. The average molecular weight is 325 g/mol. The van der Waals surface area contributed by atoms with Crippen molar-refractivity contribution < 1.29 is 25.2 Å². The van der Waals surface area contributed by atoms with Gasteiger partial charge in [-0.25, -0.2) is 15.0 Å². The molecule has 2 aromatic rings. The summed E-state index contributed by atoms with van der Waals surface area (Å²) in [5, 5.41) is 41.4. The molecule has 0 spiro atoms. The second kappa shape index (κ2) is 6.34. The smallest absolute Gasteiger partial charge is 0.167 e. The van der Waals surface area contributed by atoms with Crippen LogP contribution in [-0.2, 0) is 4.74 Å². The van der Waals surface area contributed by atoms with E-state index in [4.69, 9.17) is 9.84 Å². The minimum Gasteiger partial charge on any atom is -0.394 e. The number of aliphatic hydroxyl groups excluding tert-OH is 4. The predicted molar refractivity (Wildman–Crippen MR) is 78.5 cm³/mol. The van der Waals surface area contributed by atoms with E-state index in [1.807, 2.05) is 0 Å². The molecule has 23 heavy (non-hydrogen) atoms. The van der Waals surface area contributed by atoms with Gasteiger partial charge in [0.05, 0.1) is 19.0 Å². The number of nitrogens with zero attached hydrogens (tertiary/aromatic N) is 4. The number of hydrogen-bond acceptors (Lipinski definition) is 9. The van der Waals surface area contributed by atoms with Gasteiger partial charge in [-0.15, -0.1) is 0 Å². The number of anilines is 1. The van der Waals surface area contributed by atoms with Crippen molar-refractivity contribution in [2.45, 2.75) is 37.6 Å². The van der Waals surface area contributed by atoms with Gasteiger partial charge in [-0.3, -0.25) is 4.57 Å². The monoisotopic (exact) mass is 325 g/mol. The fraction of sp³-hybridized carbons (Fsp3) is 0.615. The van der Waals surface area contributed by atoms with Crippen molar-refractivity contribution in [3.8, 4) is 0 Å². The highest BCUT2D eigenvalue weighted by atomic mass is 16.6. The van der Waals surface area contributed by atoms with Crippen LogP contribution in [0.15, 0.2) is 12.7 Å². The van der Waals surface area contributed by atoms with E-state index in [0.717, 1.165) is 0 Å². The number of imidazole rings is 1. The van der Waals surface area contributed by atoms with Crippen LogP contribution < -0.4 is 5.32 Å². The van der Waals surface area contributed by atoms with Gasteiger partial charge in [0.2, 0.25) is 0 Å². The maximum Gasteiger partial charge on any atom is 0.167 e. The van der Waals surface area contributed by atoms with E-state index in [2.05, 4.69) is 20.3 Å². The summed E-state index contributed by atoms with van der Waals surface area (Å²) < 4.78 is 6.96. The predicted octanol–water partition coefficient (Wildman–Crippen LogP) is -1.77. The summed E-state index contributed by atoms with van der Waals surface area (Å²) >= 11 is 0. The molecule has 1 saturated heterocycles. The lowest BCUT2D eigenvalue weighted by molar-refractivity contribution is -0.0511. The molecule has 0 unspecified atom stereocenters. The summed E-state index contributed by atoms with van der Waals surface area (Å²) in [5.74, 6) is 0.446. The number of hydrogen-bond donors (Lipinski definition) is 5. The first-order chi connectivity index (χ1) is 11.0. The fourth-order valence-electron chi connectivity index (χ4n) is 2.52. The molecular weight excluding hydrogens is 306 g/mol. The topological polar surface area (TPSA) is 146 Å². The van der Waals surface area contributed by atoms with Crippen molar-refractivity contribution in [2.75, 3.05) is 18.5 Å². The molecule has 2 aromatic heterocycles. The number of fused-ring (bicyclic) bond motifs is 1. The molecule has 0 radical (unpaired) electrons. The molecule has 1 aliphatic heterocycles. The van der Waals surface area contributed by atoms with Gasteiger partial charge in [-0.2, -0.15) is 0 Å². The highest BCUT2D eigenvalue weighted by molar-refractivity contribution is 5.82. The quantitative estimate of drug-likeness (QED) is 0.431. The van der Waals surface area contributed by atoms with Crippen molar-refractivity contribution in [2.24, 2.45) is 0 Å². The van der Waals surface area contributed by atoms with Crippen LogP contribution in [0.1, 0.15) is 13.2 Å². The molecule has 0 aromatic carbocycles. The number of aliphatic hydroxyl groups is 4. The molecule has 10 heteroatoms. The van der Waals surface area contributed by atoms with Gasteiger partial charge >= 0.3 is 0 Å². The molecule has 0 aliphatic carbocycles. The van der Waals surface area contributed by atoms with E-state index < -0.39 is 37.3 Å². The zero-order valence-corrected chi connectivity index (χ0v) is 12.4. The van der Waals surface area contributed by atoms with Gasteiger partial charge in [0, 0.05) is 6.54 Å². The van der Waals surface area contributed by atoms with Crippen molar-refractivity contribution in [3.05, 3.63) is 12.7 Å². The maximum atomic E-state index is 10.1. The third kappa shape index (κ3) is 2.86. The number of nitrogens with one attached hydrogen (secondary N) is 1. The Morgan fingerprint density at radius 3 is 2.74 bits per heavy atom. The summed E-state index contributed by atoms with van der Waals surface area (Å²) in [6.45, 7) is 1.54. The molecule has 3 heterocycles. The Kier molecular flexibility index (Phi) is 4.41. The van der Waals surface area contributed by atoms with Crippen LogP contribution in [0.5, 0.6) is 0 Å². The lowest BCUT2D eigenvalue weighted by atomic mass is 10.1. The van der Waals surface area contributed by atoms with Crippen LogP contribution >= 0.6 is 0 Å². The van der Waals surface area contributed by atoms with Crippen molar-refractivity contribution in [3.63, 3.8) is 0 Å². The average Bonchev–Trinajstić information content (AvgIpc) is 3.08. The first-order valence-electron chi connectivity index (χ1n) is 7.25.